The molecule has 18 heavy (non-hydrogen) atoms. The number of phenols is 1. The van der Waals surface area contributed by atoms with Gasteiger partial charge in [0.25, 0.3) is 0 Å². The van der Waals surface area contributed by atoms with Gasteiger partial charge in [0.1, 0.15) is 11.5 Å². The Bertz CT molecular complexity index is 571. The summed E-state index contributed by atoms with van der Waals surface area (Å²) in [7, 11) is 0. The first kappa shape index (κ1) is 12.0. The third-order valence-corrected chi connectivity index (χ3v) is 2.35. The molecule has 2 aromatic rings. The smallest absolute Gasteiger partial charge is 0.248 e. The van der Waals surface area contributed by atoms with Crippen LogP contribution in [0.4, 0.5) is 5.69 Å². The molecule has 0 aliphatic heterocycles. The molecule has 0 bridgehead atoms. The number of amides is 1. The van der Waals surface area contributed by atoms with Crippen LogP contribution in [0.2, 0.25) is 0 Å². The zero-order valence-corrected chi connectivity index (χ0v) is 9.88. The largest absolute Gasteiger partial charge is 0.506 e. The number of nitrogens with one attached hydrogen (secondary N) is 1. The van der Waals surface area contributed by atoms with Crippen molar-refractivity contribution in [2.45, 2.75) is 6.92 Å². The molecule has 0 unspecified atom stereocenters. The molecule has 1 amide bonds. The fourth-order valence-corrected chi connectivity index (χ4v) is 1.47. The van der Waals surface area contributed by atoms with Crippen molar-refractivity contribution in [1.29, 1.82) is 0 Å². The first-order valence-corrected chi connectivity index (χ1v) is 5.47. The number of anilines is 1. The van der Waals surface area contributed by atoms with Gasteiger partial charge in [0.15, 0.2) is 0 Å². The first-order chi connectivity index (χ1) is 8.65. The molecule has 0 spiro atoms. The Balaban J connectivity index is 2.05. The lowest BCUT2D eigenvalue weighted by molar-refractivity contribution is -0.111. The highest BCUT2D eigenvalue weighted by atomic mass is 16.3. The Kier molecular flexibility index (Phi) is 3.48. The summed E-state index contributed by atoms with van der Waals surface area (Å²) in [5.41, 5.74) is 1.35. The average molecular weight is 243 g/mol. The quantitative estimate of drug-likeness (QED) is 0.643. The molecule has 2 rings (SSSR count). The van der Waals surface area contributed by atoms with Crippen LogP contribution in [0.25, 0.3) is 6.08 Å². The topological polar surface area (TPSA) is 62.5 Å². The van der Waals surface area contributed by atoms with E-state index in [0.717, 1.165) is 5.56 Å². The van der Waals surface area contributed by atoms with Crippen LogP contribution < -0.4 is 5.32 Å². The summed E-state index contributed by atoms with van der Waals surface area (Å²) < 4.78 is 5.06. The third-order valence-electron chi connectivity index (χ3n) is 2.35. The van der Waals surface area contributed by atoms with Crippen molar-refractivity contribution in [3.05, 3.63) is 54.0 Å². The van der Waals surface area contributed by atoms with E-state index in [2.05, 4.69) is 5.32 Å². The standard InChI is InChI=1S/C14H13NO3/c1-10-4-6-13(16)12(9-10)15-14(17)7-5-11-3-2-8-18-11/h2-9,16H,1H3,(H,15,17)/b7-5+. The minimum atomic E-state index is -0.327. The number of carbonyl (C=O) groups excluding carboxylic acids is 1. The average Bonchev–Trinajstić information content (AvgIpc) is 2.84. The fraction of sp³-hybridized carbons (Fsp3) is 0.0714. The maximum atomic E-state index is 11.6. The molecule has 0 aliphatic carbocycles. The van der Waals surface area contributed by atoms with Crippen molar-refractivity contribution in [1.82, 2.24) is 0 Å². The molecule has 4 nitrogen and oxygen atoms in total. The van der Waals surface area contributed by atoms with Gasteiger partial charge in [-0.05, 0) is 42.8 Å². The van der Waals surface area contributed by atoms with E-state index < -0.39 is 0 Å². The Morgan fingerprint density at radius 3 is 2.94 bits per heavy atom. The van der Waals surface area contributed by atoms with Gasteiger partial charge in [-0.15, -0.1) is 0 Å². The first-order valence-electron chi connectivity index (χ1n) is 5.47. The molecular weight excluding hydrogens is 230 g/mol. The van der Waals surface area contributed by atoms with Crippen LogP contribution >= 0.6 is 0 Å². The van der Waals surface area contributed by atoms with E-state index in [1.165, 1.54) is 12.3 Å². The number of phenolic OH excluding ortho intramolecular Hbond substituents is 1. The number of hydrogen-bond donors (Lipinski definition) is 2. The molecule has 0 saturated carbocycles. The van der Waals surface area contributed by atoms with Crippen LogP contribution in [-0.2, 0) is 4.79 Å². The highest BCUT2D eigenvalue weighted by molar-refractivity contribution is 6.02. The van der Waals surface area contributed by atoms with Crippen molar-refractivity contribution < 1.29 is 14.3 Å². The van der Waals surface area contributed by atoms with Crippen molar-refractivity contribution in [3.8, 4) is 5.75 Å². The van der Waals surface area contributed by atoms with E-state index in [0.29, 0.717) is 11.4 Å². The summed E-state index contributed by atoms with van der Waals surface area (Å²) in [6.07, 6.45) is 4.44. The molecule has 2 N–H and O–H groups in total. The number of aryl methyl sites for hydroxylation is 1. The Morgan fingerprint density at radius 2 is 2.22 bits per heavy atom. The maximum absolute atomic E-state index is 11.6. The van der Waals surface area contributed by atoms with Gasteiger partial charge in [-0.1, -0.05) is 6.07 Å². The fourth-order valence-electron chi connectivity index (χ4n) is 1.47. The van der Waals surface area contributed by atoms with Gasteiger partial charge in [-0.25, -0.2) is 0 Å². The molecular formula is C14H13NO3. The Morgan fingerprint density at radius 1 is 1.39 bits per heavy atom. The van der Waals surface area contributed by atoms with E-state index in [4.69, 9.17) is 4.42 Å². The molecule has 92 valence electrons. The summed E-state index contributed by atoms with van der Waals surface area (Å²) in [6, 6.07) is 8.50. The van der Waals surface area contributed by atoms with Crippen LogP contribution in [0.1, 0.15) is 11.3 Å². The lowest BCUT2D eigenvalue weighted by Crippen LogP contribution is -2.07. The molecule has 0 radical (unpaired) electrons. The Hall–Kier alpha value is -2.49. The highest BCUT2D eigenvalue weighted by Gasteiger charge is 2.03. The minimum Gasteiger partial charge on any atom is -0.506 e. The summed E-state index contributed by atoms with van der Waals surface area (Å²) in [5.74, 6) is 0.311. The summed E-state index contributed by atoms with van der Waals surface area (Å²) in [5, 5.41) is 12.2. The molecule has 1 heterocycles. The number of aromatic hydroxyl groups is 1. The second-order valence-corrected chi connectivity index (χ2v) is 3.86. The number of benzene rings is 1. The number of furan rings is 1. The van der Waals surface area contributed by atoms with Gasteiger partial charge in [0.2, 0.25) is 5.91 Å². The van der Waals surface area contributed by atoms with Gasteiger partial charge < -0.3 is 14.8 Å². The number of hydrogen-bond acceptors (Lipinski definition) is 3. The predicted molar refractivity (Wildman–Crippen MR) is 69.2 cm³/mol. The molecule has 0 fully saturated rings. The van der Waals surface area contributed by atoms with Gasteiger partial charge in [-0.3, -0.25) is 4.79 Å². The van der Waals surface area contributed by atoms with Gasteiger partial charge in [0, 0.05) is 6.08 Å². The van der Waals surface area contributed by atoms with Gasteiger partial charge in [0.05, 0.1) is 12.0 Å². The van der Waals surface area contributed by atoms with Crippen LogP contribution in [0.15, 0.2) is 47.1 Å². The number of carbonyl (C=O) groups is 1. The van der Waals surface area contributed by atoms with Crippen LogP contribution in [-0.4, -0.2) is 11.0 Å². The Labute approximate surface area is 105 Å². The molecule has 0 aliphatic rings. The number of rotatable bonds is 3. The summed E-state index contributed by atoms with van der Waals surface area (Å²) in [6.45, 7) is 1.88. The van der Waals surface area contributed by atoms with Crippen LogP contribution in [0.3, 0.4) is 0 Å². The van der Waals surface area contributed by atoms with Gasteiger partial charge in [-0.2, -0.15) is 0 Å². The van der Waals surface area contributed by atoms with Crippen LogP contribution in [0.5, 0.6) is 5.75 Å². The van der Waals surface area contributed by atoms with E-state index in [-0.39, 0.29) is 11.7 Å². The molecule has 1 aromatic heterocycles. The normalized spacial score (nSPS) is 10.7. The third kappa shape index (κ3) is 3.01. The molecule has 0 saturated heterocycles. The molecule has 4 heteroatoms. The van der Waals surface area contributed by atoms with Crippen molar-refractivity contribution in [2.75, 3.05) is 5.32 Å². The second kappa shape index (κ2) is 5.23. The lowest BCUT2D eigenvalue weighted by Gasteiger charge is -2.05. The predicted octanol–water partition coefficient (Wildman–Crippen LogP) is 2.95. The van der Waals surface area contributed by atoms with Crippen molar-refractivity contribution >= 4 is 17.7 Å². The lowest BCUT2D eigenvalue weighted by atomic mass is 10.2. The maximum Gasteiger partial charge on any atom is 0.248 e. The van der Waals surface area contributed by atoms with E-state index >= 15 is 0 Å². The van der Waals surface area contributed by atoms with Crippen LogP contribution in [0, 0.1) is 6.92 Å². The van der Waals surface area contributed by atoms with E-state index in [9.17, 15) is 9.90 Å². The molecule has 1 aromatic carbocycles. The zero-order chi connectivity index (χ0) is 13.0. The summed E-state index contributed by atoms with van der Waals surface area (Å²) >= 11 is 0. The second-order valence-electron chi connectivity index (χ2n) is 3.86. The van der Waals surface area contributed by atoms with Gasteiger partial charge >= 0.3 is 0 Å². The van der Waals surface area contributed by atoms with Crippen molar-refractivity contribution in [3.63, 3.8) is 0 Å². The highest BCUT2D eigenvalue weighted by Crippen LogP contribution is 2.23. The zero-order valence-electron chi connectivity index (χ0n) is 9.88. The SMILES string of the molecule is Cc1ccc(O)c(NC(=O)/C=C/c2ccco2)c1. The molecule has 0 atom stereocenters. The summed E-state index contributed by atoms with van der Waals surface area (Å²) in [4.78, 5) is 11.6. The minimum absolute atomic E-state index is 0.0420. The monoisotopic (exact) mass is 243 g/mol. The van der Waals surface area contributed by atoms with E-state index in [1.54, 1.807) is 36.4 Å². The van der Waals surface area contributed by atoms with E-state index in [1.807, 2.05) is 6.92 Å². The van der Waals surface area contributed by atoms with Crippen molar-refractivity contribution in [2.24, 2.45) is 0 Å².